The third kappa shape index (κ3) is 6.22. The van der Waals surface area contributed by atoms with E-state index in [0.29, 0.717) is 31.5 Å². The first-order chi connectivity index (χ1) is 16.6. The van der Waals surface area contributed by atoms with Crippen molar-refractivity contribution in [2.24, 2.45) is 0 Å². The molecule has 0 saturated heterocycles. The molecule has 0 fully saturated rings. The molecule has 7 heteroatoms. The van der Waals surface area contributed by atoms with E-state index in [1.165, 1.54) is 10.6 Å². The minimum absolute atomic E-state index is 0.0585. The Hall–Kier alpha value is -4.13. The van der Waals surface area contributed by atoms with Crippen LogP contribution < -0.4 is 16.6 Å². The summed E-state index contributed by atoms with van der Waals surface area (Å²) < 4.78 is 6.85. The maximum Gasteiger partial charge on any atom is 0.255 e. The predicted octanol–water partition coefficient (Wildman–Crippen LogP) is 3.62. The molecule has 4 rings (SSSR count). The number of hydrogen-bond acceptors (Lipinski definition) is 5. The summed E-state index contributed by atoms with van der Waals surface area (Å²) in [7, 11) is 0. The van der Waals surface area contributed by atoms with Gasteiger partial charge in [0.05, 0.1) is 12.0 Å². The number of anilines is 1. The van der Waals surface area contributed by atoms with Crippen LogP contribution in [0.5, 0.6) is 0 Å². The largest absolute Gasteiger partial charge is 0.464 e. The number of nitrogens with two attached hydrogens (primary N) is 1. The van der Waals surface area contributed by atoms with Gasteiger partial charge in [-0.2, -0.15) is 0 Å². The van der Waals surface area contributed by atoms with Crippen molar-refractivity contribution in [1.29, 1.82) is 0 Å². The Bertz CT molecular complexity index is 1280. The topological polar surface area (TPSA) is 103 Å². The van der Waals surface area contributed by atoms with E-state index in [-0.39, 0.29) is 24.0 Å². The fraction of sp³-hybridized carbons (Fsp3) is 0.222. The molecule has 174 valence electrons. The third-order valence-corrected chi connectivity index (χ3v) is 5.63. The standard InChI is InChI=1S/C27H28N4O3/c28-27-30-23(13-11-21-8-4-9-22(18-21)24-10-5-17-34-24)19-26(33)31(27)16-15-29-25(32)14-12-20-6-2-1-3-7-20/h1-10,17-19H,11-16H2,(H2,28,30)(H,29,32). The molecule has 0 atom stereocenters. The summed E-state index contributed by atoms with van der Waals surface area (Å²) in [5, 5.41) is 2.84. The molecule has 34 heavy (non-hydrogen) atoms. The summed E-state index contributed by atoms with van der Waals surface area (Å²) in [6, 6.07) is 23.3. The van der Waals surface area contributed by atoms with E-state index in [0.717, 1.165) is 28.9 Å². The Balaban J connectivity index is 1.28. The van der Waals surface area contributed by atoms with E-state index >= 15 is 0 Å². The minimum atomic E-state index is -0.217. The van der Waals surface area contributed by atoms with Gasteiger partial charge in [-0.3, -0.25) is 14.2 Å². The maximum atomic E-state index is 12.6. The van der Waals surface area contributed by atoms with Crippen LogP contribution in [0.3, 0.4) is 0 Å². The van der Waals surface area contributed by atoms with Crippen molar-refractivity contribution in [3.05, 3.63) is 106 Å². The molecule has 1 amide bonds. The van der Waals surface area contributed by atoms with E-state index < -0.39 is 0 Å². The van der Waals surface area contributed by atoms with E-state index in [1.54, 1.807) is 6.26 Å². The second-order valence-electron chi connectivity index (χ2n) is 8.11. The van der Waals surface area contributed by atoms with E-state index in [1.807, 2.05) is 60.7 Å². The van der Waals surface area contributed by atoms with Gasteiger partial charge < -0.3 is 15.5 Å². The van der Waals surface area contributed by atoms with Crippen molar-refractivity contribution in [3.8, 4) is 11.3 Å². The SMILES string of the molecule is Nc1nc(CCc2cccc(-c3ccco3)c2)cc(=O)n1CCNC(=O)CCc1ccccc1. The normalized spacial score (nSPS) is 10.8. The first kappa shape index (κ1) is 23.0. The summed E-state index contributed by atoms with van der Waals surface area (Å²) in [6.07, 6.45) is 4.04. The lowest BCUT2D eigenvalue weighted by atomic mass is 10.0. The number of nitrogens with one attached hydrogen (secondary N) is 1. The Morgan fingerprint density at radius 2 is 1.76 bits per heavy atom. The summed E-state index contributed by atoms with van der Waals surface area (Å²) in [5.41, 5.74) is 9.74. The molecule has 3 N–H and O–H groups in total. The number of nitrogen functional groups attached to an aromatic ring is 1. The maximum absolute atomic E-state index is 12.6. The number of benzene rings is 2. The molecule has 2 heterocycles. The number of furan rings is 1. The quantitative estimate of drug-likeness (QED) is 0.379. The molecule has 0 radical (unpaired) electrons. The van der Waals surface area contributed by atoms with Gasteiger partial charge in [0.1, 0.15) is 5.76 Å². The number of hydrogen-bond donors (Lipinski definition) is 2. The second-order valence-corrected chi connectivity index (χ2v) is 8.11. The van der Waals surface area contributed by atoms with Gasteiger partial charge >= 0.3 is 0 Å². The van der Waals surface area contributed by atoms with Crippen LogP contribution >= 0.6 is 0 Å². The number of carbonyl (C=O) groups excluding carboxylic acids is 1. The van der Waals surface area contributed by atoms with Crippen LogP contribution in [-0.2, 0) is 30.6 Å². The molecule has 4 aromatic rings. The van der Waals surface area contributed by atoms with Gasteiger partial charge in [0, 0.05) is 31.1 Å². The van der Waals surface area contributed by atoms with Gasteiger partial charge in [-0.1, -0.05) is 48.5 Å². The van der Waals surface area contributed by atoms with Crippen molar-refractivity contribution in [3.63, 3.8) is 0 Å². The van der Waals surface area contributed by atoms with Crippen molar-refractivity contribution < 1.29 is 9.21 Å². The lowest BCUT2D eigenvalue weighted by Gasteiger charge is -2.11. The zero-order valence-corrected chi connectivity index (χ0v) is 18.9. The number of aryl methyl sites for hydroxylation is 3. The number of carbonyl (C=O) groups is 1. The fourth-order valence-electron chi connectivity index (χ4n) is 3.82. The highest BCUT2D eigenvalue weighted by atomic mass is 16.3. The van der Waals surface area contributed by atoms with Crippen LogP contribution in [0, 0.1) is 0 Å². The van der Waals surface area contributed by atoms with Gasteiger partial charge in [0.25, 0.3) is 5.56 Å². The molecule has 0 aliphatic rings. The van der Waals surface area contributed by atoms with Crippen LogP contribution in [0.4, 0.5) is 5.95 Å². The lowest BCUT2D eigenvalue weighted by Crippen LogP contribution is -2.32. The first-order valence-electron chi connectivity index (χ1n) is 11.4. The van der Waals surface area contributed by atoms with Crippen molar-refractivity contribution in [1.82, 2.24) is 14.9 Å². The molecule has 0 saturated carbocycles. The number of amides is 1. The van der Waals surface area contributed by atoms with Crippen molar-refractivity contribution in [2.45, 2.75) is 32.2 Å². The zero-order chi connectivity index (χ0) is 23.8. The van der Waals surface area contributed by atoms with Gasteiger partial charge in [-0.15, -0.1) is 0 Å². The molecule has 0 unspecified atom stereocenters. The summed E-state index contributed by atoms with van der Waals surface area (Å²) in [6.45, 7) is 0.596. The van der Waals surface area contributed by atoms with Crippen LogP contribution in [0.1, 0.15) is 23.2 Å². The number of aromatic nitrogens is 2. The molecule has 7 nitrogen and oxygen atoms in total. The highest BCUT2D eigenvalue weighted by Gasteiger charge is 2.09. The molecule has 2 aromatic heterocycles. The second kappa shape index (κ2) is 11.1. The molecular formula is C27H28N4O3. The minimum Gasteiger partial charge on any atom is -0.464 e. The Morgan fingerprint density at radius 3 is 2.53 bits per heavy atom. The van der Waals surface area contributed by atoms with Crippen molar-refractivity contribution >= 4 is 11.9 Å². The smallest absolute Gasteiger partial charge is 0.255 e. The molecule has 2 aromatic carbocycles. The molecule has 0 spiro atoms. The van der Waals surface area contributed by atoms with Gasteiger partial charge in [0.15, 0.2) is 0 Å². The molecule has 0 aliphatic carbocycles. The zero-order valence-electron chi connectivity index (χ0n) is 18.9. The van der Waals surface area contributed by atoms with E-state index in [9.17, 15) is 9.59 Å². The van der Waals surface area contributed by atoms with Gasteiger partial charge in [-0.05, 0) is 48.6 Å². The Morgan fingerprint density at radius 1 is 0.941 bits per heavy atom. The highest BCUT2D eigenvalue weighted by molar-refractivity contribution is 5.76. The third-order valence-electron chi connectivity index (χ3n) is 5.63. The lowest BCUT2D eigenvalue weighted by molar-refractivity contribution is -0.121. The fourth-order valence-corrected chi connectivity index (χ4v) is 3.82. The van der Waals surface area contributed by atoms with Crippen molar-refractivity contribution in [2.75, 3.05) is 12.3 Å². The highest BCUT2D eigenvalue weighted by Crippen LogP contribution is 2.21. The van der Waals surface area contributed by atoms with Crippen LogP contribution in [0.2, 0.25) is 0 Å². The predicted molar refractivity (Wildman–Crippen MR) is 132 cm³/mol. The monoisotopic (exact) mass is 456 g/mol. The Kier molecular flexibility index (Phi) is 7.55. The Labute approximate surface area is 198 Å². The van der Waals surface area contributed by atoms with E-state index in [4.69, 9.17) is 10.2 Å². The number of nitrogens with zero attached hydrogens (tertiary/aromatic N) is 2. The summed E-state index contributed by atoms with van der Waals surface area (Å²) >= 11 is 0. The van der Waals surface area contributed by atoms with Gasteiger partial charge in [-0.25, -0.2) is 4.98 Å². The summed E-state index contributed by atoms with van der Waals surface area (Å²) in [5.74, 6) is 0.918. The average Bonchev–Trinajstić information content (AvgIpc) is 3.39. The van der Waals surface area contributed by atoms with Crippen LogP contribution in [-0.4, -0.2) is 22.0 Å². The molecular weight excluding hydrogens is 428 g/mol. The molecule has 0 aliphatic heterocycles. The van der Waals surface area contributed by atoms with Crippen LogP contribution in [0.25, 0.3) is 11.3 Å². The van der Waals surface area contributed by atoms with E-state index in [2.05, 4.69) is 16.4 Å². The first-order valence-corrected chi connectivity index (χ1v) is 11.4. The molecule has 0 bridgehead atoms. The van der Waals surface area contributed by atoms with Gasteiger partial charge in [0.2, 0.25) is 11.9 Å². The number of rotatable bonds is 10. The summed E-state index contributed by atoms with van der Waals surface area (Å²) in [4.78, 5) is 29.1. The van der Waals surface area contributed by atoms with Crippen LogP contribution in [0.15, 0.2) is 88.3 Å². The average molecular weight is 457 g/mol.